The van der Waals surface area contributed by atoms with Gasteiger partial charge in [0.15, 0.2) is 0 Å². The van der Waals surface area contributed by atoms with Crippen LogP contribution in [0.4, 0.5) is 0 Å². The maximum absolute atomic E-state index is 9.51. The molecule has 1 unspecified atom stereocenters. The molecule has 0 amide bonds. The summed E-state index contributed by atoms with van der Waals surface area (Å²) >= 11 is 0. The number of nitriles is 2. The lowest BCUT2D eigenvalue weighted by molar-refractivity contribution is 0.410. The highest BCUT2D eigenvalue weighted by atomic mass is 16.5. The first kappa shape index (κ1) is 15.6. The zero-order valence-electron chi connectivity index (χ0n) is 12.8. The van der Waals surface area contributed by atoms with Crippen LogP contribution in [0.15, 0.2) is 42.5 Å². The van der Waals surface area contributed by atoms with Crippen LogP contribution in [0.1, 0.15) is 35.1 Å². The van der Waals surface area contributed by atoms with Gasteiger partial charge in [-0.05, 0) is 47.7 Å². The third-order valence-electron chi connectivity index (χ3n) is 3.74. The number of benzene rings is 2. The Morgan fingerprint density at radius 1 is 1.14 bits per heavy atom. The van der Waals surface area contributed by atoms with Crippen LogP contribution in [0.25, 0.3) is 0 Å². The van der Waals surface area contributed by atoms with E-state index < -0.39 is 0 Å². The molecular weight excluding hydrogens is 272 g/mol. The highest BCUT2D eigenvalue weighted by Gasteiger charge is 2.14. The van der Waals surface area contributed by atoms with Crippen LogP contribution in [0, 0.1) is 22.7 Å². The van der Waals surface area contributed by atoms with Gasteiger partial charge in [0.2, 0.25) is 0 Å². The van der Waals surface area contributed by atoms with Crippen molar-refractivity contribution in [2.45, 2.75) is 25.7 Å². The Labute approximate surface area is 131 Å². The minimum Gasteiger partial charge on any atom is -0.496 e. The van der Waals surface area contributed by atoms with E-state index in [1.165, 1.54) is 0 Å². The van der Waals surface area contributed by atoms with Crippen LogP contribution in [0.2, 0.25) is 0 Å². The molecule has 3 heteroatoms. The fourth-order valence-corrected chi connectivity index (χ4v) is 2.53. The number of hydrogen-bond donors (Lipinski definition) is 0. The number of methoxy groups -OCH3 is 1. The van der Waals surface area contributed by atoms with Crippen LogP contribution in [0.3, 0.4) is 0 Å². The summed E-state index contributed by atoms with van der Waals surface area (Å²) in [6.07, 6.45) is 1.46. The highest BCUT2D eigenvalue weighted by molar-refractivity contribution is 5.41. The number of nitrogens with zero attached hydrogens (tertiary/aromatic N) is 2. The second-order valence-corrected chi connectivity index (χ2v) is 5.12. The Morgan fingerprint density at radius 2 is 1.95 bits per heavy atom. The van der Waals surface area contributed by atoms with Crippen LogP contribution in [-0.4, -0.2) is 7.11 Å². The summed E-state index contributed by atoms with van der Waals surface area (Å²) in [6.45, 7) is 2.07. The van der Waals surface area contributed by atoms with Crippen LogP contribution in [-0.2, 0) is 12.8 Å². The molecule has 0 radical (unpaired) electrons. The largest absolute Gasteiger partial charge is 0.496 e. The summed E-state index contributed by atoms with van der Waals surface area (Å²) in [7, 11) is 1.66. The van der Waals surface area contributed by atoms with Crippen molar-refractivity contribution >= 4 is 0 Å². The molecule has 0 spiro atoms. The van der Waals surface area contributed by atoms with Gasteiger partial charge in [-0.2, -0.15) is 10.5 Å². The lowest BCUT2D eigenvalue weighted by Gasteiger charge is -2.13. The Balaban J connectivity index is 2.29. The fraction of sp³-hybridized carbons (Fsp3) is 0.263. The van der Waals surface area contributed by atoms with Gasteiger partial charge in [-0.15, -0.1) is 0 Å². The second kappa shape index (κ2) is 7.29. The Morgan fingerprint density at radius 3 is 2.59 bits per heavy atom. The number of aryl methyl sites for hydroxylation is 1. The smallest absolute Gasteiger partial charge is 0.122 e. The van der Waals surface area contributed by atoms with Crippen molar-refractivity contribution < 1.29 is 4.74 Å². The topological polar surface area (TPSA) is 56.8 Å². The molecule has 0 N–H and O–H groups in total. The third-order valence-corrected chi connectivity index (χ3v) is 3.74. The van der Waals surface area contributed by atoms with Crippen molar-refractivity contribution in [2.24, 2.45) is 0 Å². The first-order valence-corrected chi connectivity index (χ1v) is 7.27. The lowest BCUT2D eigenvalue weighted by Crippen LogP contribution is -2.02. The van der Waals surface area contributed by atoms with Crippen molar-refractivity contribution in [1.29, 1.82) is 10.5 Å². The predicted octanol–water partition coefficient (Wildman–Crippen LogP) is 3.98. The van der Waals surface area contributed by atoms with Gasteiger partial charge in [0.25, 0.3) is 0 Å². The van der Waals surface area contributed by atoms with E-state index in [9.17, 15) is 5.26 Å². The van der Waals surface area contributed by atoms with E-state index >= 15 is 0 Å². The summed E-state index contributed by atoms with van der Waals surface area (Å²) < 4.78 is 5.33. The molecule has 0 aliphatic carbocycles. The van der Waals surface area contributed by atoms with E-state index in [0.29, 0.717) is 12.0 Å². The van der Waals surface area contributed by atoms with Crippen molar-refractivity contribution in [2.75, 3.05) is 7.11 Å². The second-order valence-electron chi connectivity index (χ2n) is 5.12. The van der Waals surface area contributed by atoms with Gasteiger partial charge in [0.1, 0.15) is 5.75 Å². The normalized spacial score (nSPS) is 11.3. The molecule has 110 valence electrons. The quantitative estimate of drug-likeness (QED) is 0.837. The minimum absolute atomic E-state index is 0.231. The molecule has 22 heavy (non-hydrogen) atoms. The third kappa shape index (κ3) is 3.45. The monoisotopic (exact) mass is 290 g/mol. The molecule has 0 saturated heterocycles. The van der Waals surface area contributed by atoms with E-state index in [4.69, 9.17) is 10.00 Å². The van der Waals surface area contributed by atoms with Gasteiger partial charge in [-0.25, -0.2) is 0 Å². The molecule has 0 aliphatic rings. The van der Waals surface area contributed by atoms with Crippen molar-refractivity contribution in [3.63, 3.8) is 0 Å². The van der Waals surface area contributed by atoms with Gasteiger partial charge in [-0.3, -0.25) is 0 Å². The van der Waals surface area contributed by atoms with Crippen molar-refractivity contribution in [1.82, 2.24) is 0 Å². The van der Waals surface area contributed by atoms with Crippen LogP contribution >= 0.6 is 0 Å². The molecule has 0 aromatic heterocycles. The first-order chi connectivity index (χ1) is 10.7. The standard InChI is InChI=1S/C19H18N2O/c1-3-16-11-17(7-8-19(16)22-2)18(13-21)10-14-5-4-6-15(9-14)12-20/h4-9,11,18H,3,10H2,1-2H3. The predicted molar refractivity (Wildman–Crippen MR) is 85.6 cm³/mol. The molecule has 2 aromatic carbocycles. The van der Waals surface area contributed by atoms with Crippen molar-refractivity contribution in [3.8, 4) is 17.9 Å². The summed E-state index contributed by atoms with van der Waals surface area (Å²) in [5.74, 6) is 0.625. The number of hydrogen-bond acceptors (Lipinski definition) is 3. The van der Waals surface area contributed by atoms with Crippen LogP contribution < -0.4 is 4.74 Å². The average Bonchev–Trinajstić information content (AvgIpc) is 2.59. The van der Waals surface area contributed by atoms with Gasteiger partial charge in [0.05, 0.1) is 30.7 Å². The van der Waals surface area contributed by atoms with Gasteiger partial charge in [-0.1, -0.05) is 31.2 Å². The SMILES string of the molecule is CCc1cc(C(C#N)Cc2cccc(C#N)c2)ccc1OC. The number of rotatable bonds is 5. The van der Waals surface area contributed by atoms with E-state index in [2.05, 4.69) is 19.1 Å². The Hall–Kier alpha value is -2.78. The zero-order valence-corrected chi connectivity index (χ0v) is 12.8. The highest BCUT2D eigenvalue weighted by Crippen LogP contribution is 2.27. The molecule has 0 heterocycles. The Kier molecular flexibility index (Phi) is 5.17. The molecular formula is C19H18N2O. The molecule has 2 aromatic rings. The summed E-state index contributed by atoms with van der Waals surface area (Å²) in [4.78, 5) is 0. The minimum atomic E-state index is -0.231. The van der Waals surface area contributed by atoms with E-state index in [-0.39, 0.29) is 5.92 Å². The summed E-state index contributed by atoms with van der Waals surface area (Å²) in [5, 5.41) is 18.5. The van der Waals surface area contributed by atoms with Gasteiger partial charge < -0.3 is 4.74 Å². The molecule has 0 saturated carbocycles. The van der Waals surface area contributed by atoms with E-state index in [1.54, 1.807) is 13.2 Å². The number of ether oxygens (including phenoxy) is 1. The van der Waals surface area contributed by atoms with E-state index in [1.807, 2.05) is 36.4 Å². The first-order valence-electron chi connectivity index (χ1n) is 7.27. The average molecular weight is 290 g/mol. The van der Waals surface area contributed by atoms with Crippen LogP contribution in [0.5, 0.6) is 5.75 Å². The molecule has 2 rings (SSSR count). The summed E-state index contributed by atoms with van der Waals surface area (Å²) in [6, 6.07) is 17.8. The molecule has 3 nitrogen and oxygen atoms in total. The maximum atomic E-state index is 9.51. The summed E-state index contributed by atoms with van der Waals surface area (Å²) in [5.41, 5.74) is 3.71. The fourth-order valence-electron chi connectivity index (χ4n) is 2.53. The van der Waals surface area contributed by atoms with Gasteiger partial charge in [0, 0.05) is 0 Å². The van der Waals surface area contributed by atoms with Gasteiger partial charge >= 0.3 is 0 Å². The molecule has 0 bridgehead atoms. The maximum Gasteiger partial charge on any atom is 0.122 e. The zero-order chi connectivity index (χ0) is 15.9. The van der Waals surface area contributed by atoms with Crippen molar-refractivity contribution in [3.05, 3.63) is 64.7 Å². The Bertz CT molecular complexity index is 738. The molecule has 0 aliphatic heterocycles. The molecule has 1 atom stereocenters. The lowest BCUT2D eigenvalue weighted by atomic mass is 9.91. The van der Waals surface area contributed by atoms with E-state index in [0.717, 1.165) is 28.9 Å². The molecule has 0 fully saturated rings.